The van der Waals surface area contributed by atoms with Crippen LogP contribution in [0.15, 0.2) is 30.3 Å². The molecule has 0 aromatic heterocycles. The maximum absolute atomic E-state index is 10.9. The third-order valence-electron chi connectivity index (χ3n) is 2.21. The van der Waals surface area contributed by atoms with E-state index in [-0.39, 0.29) is 17.1 Å². The molecular weight excluding hydrogens is 196 g/mol. The minimum absolute atomic E-state index is 0.00463. The fraction of sp³-hybridized carbons (Fsp3) is 0. The molecular formula is C11H8O4. The summed E-state index contributed by atoms with van der Waals surface area (Å²) >= 11 is 0. The molecule has 0 amide bonds. The predicted molar refractivity (Wildman–Crippen MR) is 54.2 cm³/mol. The van der Waals surface area contributed by atoms with Gasteiger partial charge in [-0.05, 0) is 30.3 Å². The average Bonchev–Trinajstić information content (AvgIpc) is 2.17. The number of benzene rings is 2. The highest BCUT2D eigenvalue weighted by Crippen LogP contribution is 2.30. The second-order valence-electron chi connectivity index (χ2n) is 3.17. The molecule has 15 heavy (non-hydrogen) atoms. The quantitative estimate of drug-likeness (QED) is 0.663. The minimum Gasteiger partial charge on any atom is -0.508 e. The Hall–Kier alpha value is -2.23. The largest absolute Gasteiger partial charge is 0.508 e. The Morgan fingerprint density at radius 2 is 1.73 bits per heavy atom. The summed E-state index contributed by atoms with van der Waals surface area (Å²) in [6.45, 7) is 0. The van der Waals surface area contributed by atoms with Crippen molar-refractivity contribution in [3.05, 3.63) is 35.9 Å². The molecule has 0 aliphatic heterocycles. The topological polar surface area (TPSA) is 77.8 Å². The van der Waals surface area contributed by atoms with Crippen LogP contribution in [0.25, 0.3) is 10.8 Å². The van der Waals surface area contributed by atoms with Gasteiger partial charge in [0.1, 0.15) is 11.5 Å². The number of carboxylic acids is 1. The lowest BCUT2D eigenvalue weighted by Crippen LogP contribution is -1.97. The number of hydrogen-bond donors (Lipinski definition) is 3. The van der Waals surface area contributed by atoms with Gasteiger partial charge in [0.25, 0.3) is 0 Å². The van der Waals surface area contributed by atoms with Crippen molar-refractivity contribution in [2.75, 3.05) is 0 Å². The van der Waals surface area contributed by atoms with Crippen molar-refractivity contribution in [3.63, 3.8) is 0 Å². The third-order valence-corrected chi connectivity index (χ3v) is 2.21. The van der Waals surface area contributed by atoms with E-state index in [1.165, 1.54) is 30.3 Å². The standard InChI is InChI=1S/C11H8O4/c12-6-1-2-7-9(5-6)8(11(14)15)3-4-10(7)13/h1-5,12-13H,(H,14,15). The Balaban J connectivity index is 2.90. The molecule has 4 heteroatoms. The zero-order valence-electron chi connectivity index (χ0n) is 7.64. The number of carboxylic acid groups (broad SMARTS) is 1. The first kappa shape index (κ1) is 9.33. The van der Waals surface area contributed by atoms with E-state index in [4.69, 9.17) is 5.11 Å². The molecule has 0 aliphatic rings. The van der Waals surface area contributed by atoms with Crippen LogP contribution in [0.1, 0.15) is 10.4 Å². The molecule has 0 saturated carbocycles. The number of phenols is 2. The summed E-state index contributed by atoms with van der Waals surface area (Å²) in [4.78, 5) is 10.9. The molecule has 2 aromatic carbocycles. The normalized spacial score (nSPS) is 10.4. The van der Waals surface area contributed by atoms with Gasteiger partial charge in [-0.25, -0.2) is 4.79 Å². The van der Waals surface area contributed by atoms with Crippen molar-refractivity contribution >= 4 is 16.7 Å². The molecule has 0 aliphatic carbocycles. The summed E-state index contributed by atoms with van der Waals surface area (Å²) < 4.78 is 0. The number of fused-ring (bicyclic) bond motifs is 1. The Morgan fingerprint density at radius 1 is 1.00 bits per heavy atom. The van der Waals surface area contributed by atoms with Crippen LogP contribution in [-0.4, -0.2) is 21.3 Å². The van der Waals surface area contributed by atoms with E-state index in [1.807, 2.05) is 0 Å². The molecule has 0 spiro atoms. The maximum atomic E-state index is 10.9. The highest BCUT2D eigenvalue weighted by atomic mass is 16.4. The zero-order valence-corrected chi connectivity index (χ0v) is 7.64. The number of phenolic OH excluding ortho intramolecular Hbond substituents is 2. The molecule has 2 rings (SSSR count). The van der Waals surface area contributed by atoms with Crippen LogP contribution in [0.4, 0.5) is 0 Å². The van der Waals surface area contributed by atoms with Crippen molar-refractivity contribution in [2.24, 2.45) is 0 Å². The van der Waals surface area contributed by atoms with Crippen molar-refractivity contribution in [1.82, 2.24) is 0 Å². The summed E-state index contributed by atoms with van der Waals surface area (Å²) in [5, 5.41) is 28.4. The molecule has 0 radical (unpaired) electrons. The van der Waals surface area contributed by atoms with Gasteiger partial charge >= 0.3 is 5.97 Å². The van der Waals surface area contributed by atoms with Gasteiger partial charge in [-0.2, -0.15) is 0 Å². The van der Waals surface area contributed by atoms with Crippen LogP contribution >= 0.6 is 0 Å². The lowest BCUT2D eigenvalue weighted by atomic mass is 10.0. The van der Waals surface area contributed by atoms with Gasteiger partial charge in [0.2, 0.25) is 0 Å². The highest BCUT2D eigenvalue weighted by Gasteiger charge is 2.11. The van der Waals surface area contributed by atoms with E-state index < -0.39 is 5.97 Å². The Kier molecular flexibility index (Phi) is 1.97. The second kappa shape index (κ2) is 3.16. The Morgan fingerprint density at radius 3 is 2.40 bits per heavy atom. The molecule has 2 aromatic rings. The summed E-state index contributed by atoms with van der Waals surface area (Å²) in [6.07, 6.45) is 0. The van der Waals surface area contributed by atoms with Gasteiger partial charge in [0.15, 0.2) is 0 Å². The molecule has 0 bridgehead atoms. The van der Waals surface area contributed by atoms with E-state index in [0.717, 1.165) is 0 Å². The van der Waals surface area contributed by atoms with Crippen LogP contribution < -0.4 is 0 Å². The van der Waals surface area contributed by atoms with E-state index in [1.54, 1.807) is 0 Å². The minimum atomic E-state index is -1.09. The number of rotatable bonds is 1. The van der Waals surface area contributed by atoms with Crippen LogP contribution in [0.2, 0.25) is 0 Å². The molecule has 76 valence electrons. The van der Waals surface area contributed by atoms with Gasteiger partial charge in [-0.1, -0.05) is 0 Å². The lowest BCUT2D eigenvalue weighted by molar-refractivity contribution is 0.0699. The molecule has 0 unspecified atom stereocenters. The van der Waals surface area contributed by atoms with Crippen molar-refractivity contribution < 1.29 is 20.1 Å². The fourth-order valence-electron chi connectivity index (χ4n) is 1.51. The monoisotopic (exact) mass is 204 g/mol. The molecule has 0 saturated heterocycles. The van der Waals surface area contributed by atoms with Crippen molar-refractivity contribution in [2.45, 2.75) is 0 Å². The smallest absolute Gasteiger partial charge is 0.336 e. The first-order valence-corrected chi connectivity index (χ1v) is 4.27. The molecule has 0 heterocycles. The van der Waals surface area contributed by atoms with Crippen molar-refractivity contribution in [3.8, 4) is 11.5 Å². The van der Waals surface area contributed by atoms with Gasteiger partial charge in [0, 0.05) is 10.8 Å². The molecule has 0 fully saturated rings. The Bertz CT molecular complexity index is 546. The van der Waals surface area contributed by atoms with Gasteiger partial charge in [-0.3, -0.25) is 0 Å². The van der Waals surface area contributed by atoms with Crippen LogP contribution in [0.5, 0.6) is 11.5 Å². The number of carbonyl (C=O) groups is 1. The summed E-state index contributed by atoms with van der Waals surface area (Å²) in [6, 6.07) is 6.82. The van der Waals surface area contributed by atoms with Gasteiger partial charge in [0.05, 0.1) is 5.56 Å². The van der Waals surface area contributed by atoms with Crippen molar-refractivity contribution in [1.29, 1.82) is 0 Å². The first-order valence-electron chi connectivity index (χ1n) is 4.27. The summed E-state index contributed by atoms with van der Waals surface area (Å²) in [5.41, 5.74) is 0.0544. The number of hydrogen-bond acceptors (Lipinski definition) is 3. The average molecular weight is 204 g/mol. The first-order chi connectivity index (χ1) is 7.09. The van der Waals surface area contributed by atoms with Gasteiger partial charge < -0.3 is 15.3 Å². The molecule has 4 nitrogen and oxygen atoms in total. The van der Waals surface area contributed by atoms with E-state index >= 15 is 0 Å². The van der Waals surface area contributed by atoms with E-state index in [0.29, 0.717) is 10.8 Å². The lowest BCUT2D eigenvalue weighted by Gasteiger charge is -2.04. The summed E-state index contributed by atoms with van der Waals surface area (Å²) in [7, 11) is 0. The second-order valence-corrected chi connectivity index (χ2v) is 3.17. The SMILES string of the molecule is O=C(O)c1ccc(O)c2ccc(O)cc12. The fourth-order valence-corrected chi connectivity index (χ4v) is 1.51. The number of aromatic carboxylic acids is 1. The highest BCUT2D eigenvalue weighted by molar-refractivity contribution is 6.05. The van der Waals surface area contributed by atoms with E-state index in [9.17, 15) is 15.0 Å². The van der Waals surface area contributed by atoms with Crippen LogP contribution in [0.3, 0.4) is 0 Å². The van der Waals surface area contributed by atoms with E-state index in [2.05, 4.69) is 0 Å². The number of aromatic hydroxyl groups is 2. The predicted octanol–water partition coefficient (Wildman–Crippen LogP) is 1.95. The third kappa shape index (κ3) is 1.46. The Labute approximate surface area is 85.0 Å². The molecule has 3 N–H and O–H groups in total. The molecule has 0 atom stereocenters. The van der Waals surface area contributed by atoms with Crippen LogP contribution in [0, 0.1) is 0 Å². The van der Waals surface area contributed by atoms with Crippen LogP contribution in [-0.2, 0) is 0 Å². The van der Waals surface area contributed by atoms with Gasteiger partial charge in [-0.15, -0.1) is 0 Å². The summed E-state index contributed by atoms with van der Waals surface area (Å²) in [5.74, 6) is -1.13. The zero-order chi connectivity index (χ0) is 11.0. The maximum Gasteiger partial charge on any atom is 0.336 e.